The van der Waals surface area contributed by atoms with E-state index in [0.29, 0.717) is 34.2 Å². The van der Waals surface area contributed by atoms with Gasteiger partial charge < -0.3 is 19.5 Å². The SMILES string of the molecule is CCOc1ccc(/C=C(\C#N)C(=O)Nc2scc(-c3ccc(CC)cc3)c2C(=O)OC)cc1OC. The highest BCUT2D eigenvalue weighted by Crippen LogP contribution is 2.37. The predicted octanol–water partition coefficient (Wildman–Crippen LogP) is 5.72. The molecule has 0 atom stereocenters. The summed E-state index contributed by atoms with van der Waals surface area (Å²) in [6, 6.07) is 14.9. The lowest BCUT2D eigenvalue weighted by Gasteiger charge is -2.10. The number of nitrogens with one attached hydrogen (secondary N) is 1. The molecule has 1 N–H and O–H groups in total. The smallest absolute Gasteiger partial charge is 0.341 e. The largest absolute Gasteiger partial charge is 0.493 e. The summed E-state index contributed by atoms with van der Waals surface area (Å²) >= 11 is 1.19. The van der Waals surface area contributed by atoms with Gasteiger partial charge in [-0.15, -0.1) is 11.3 Å². The van der Waals surface area contributed by atoms with Crippen molar-refractivity contribution in [3.8, 4) is 28.7 Å². The van der Waals surface area contributed by atoms with Gasteiger partial charge in [0.1, 0.15) is 22.2 Å². The summed E-state index contributed by atoms with van der Waals surface area (Å²) in [6.07, 6.45) is 2.35. The van der Waals surface area contributed by atoms with Gasteiger partial charge in [0.15, 0.2) is 11.5 Å². The van der Waals surface area contributed by atoms with Gasteiger partial charge in [-0.2, -0.15) is 5.26 Å². The van der Waals surface area contributed by atoms with Crippen molar-refractivity contribution in [2.75, 3.05) is 26.1 Å². The number of nitrogens with zero attached hydrogens (tertiary/aromatic N) is 1. The van der Waals surface area contributed by atoms with E-state index in [4.69, 9.17) is 14.2 Å². The zero-order valence-corrected chi connectivity index (χ0v) is 20.8. The Morgan fingerprint density at radius 1 is 1.09 bits per heavy atom. The van der Waals surface area contributed by atoms with Gasteiger partial charge in [-0.3, -0.25) is 4.79 Å². The third kappa shape index (κ3) is 5.89. The minimum Gasteiger partial charge on any atom is -0.493 e. The first-order valence-corrected chi connectivity index (χ1v) is 11.9. The average molecular weight is 491 g/mol. The van der Waals surface area contributed by atoms with E-state index >= 15 is 0 Å². The zero-order valence-electron chi connectivity index (χ0n) is 20.0. The zero-order chi connectivity index (χ0) is 25.4. The van der Waals surface area contributed by atoms with Crippen LogP contribution in [-0.2, 0) is 16.0 Å². The van der Waals surface area contributed by atoms with E-state index in [2.05, 4.69) is 12.2 Å². The number of benzene rings is 2. The Balaban J connectivity index is 1.92. The topological polar surface area (TPSA) is 97.7 Å². The molecule has 1 amide bonds. The average Bonchev–Trinajstić information content (AvgIpc) is 3.30. The summed E-state index contributed by atoms with van der Waals surface area (Å²) in [5.74, 6) is -0.158. The Morgan fingerprint density at radius 2 is 1.83 bits per heavy atom. The van der Waals surface area contributed by atoms with Crippen molar-refractivity contribution >= 4 is 34.3 Å². The lowest BCUT2D eigenvalue weighted by atomic mass is 10.0. The fourth-order valence-electron chi connectivity index (χ4n) is 3.42. The van der Waals surface area contributed by atoms with Crippen LogP contribution in [0.15, 0.2) is 53.4 Å². The van der Waals surface area contributed by atoms with Gasteiger partial charge in [0.2, 0.25) is 0 Å². The van der Waals surface area contributed by atoms with Crippen molar-refractivity contribution in [2.45, 2.75) is 20.3 Å². The summed E-state index contributed by atoms with van der Waals surface area (Å²) < 4.78 is 15.8. The van der Waals surface area contributed by atoms with Crippen LogP contribution in [0, 0.1) is 11.3 Å². The van der Waals surface area contributed by atoms with Crippen molar-refractivity contribution < 1.29 is 23.8 Å². The third-order valence-corrected chi connectivity index (χ3v) is 6.14. The van der Waals surface area contributed by atoms with Crippen LogP contribution in [0.5, 0.6) is 11.5 Å². The van der Waals surface area contributed by atoms with Gasteiger partial charge in [-0.25, -0.2) is 4.79 Å². The number of hydrogen-bond donors (Lipinski definition) is 1. The number of carbonyl (C=O) groups is 2. The third-order valence-electron chi connectivity index (χ3n) is 5.24. The number of thiophene rings is 1. The van der Waals surface area contributed by atoms with Crippen molar-refractivity contribution in [2.24, 2.45) is 0 Å². The molecule has 2 aromatic carbocycles. The molecule has 1 aromatic heterocycles. The molecule has 3 aromatic rings. The maximum absolute atomic E-state index is 13.0. The van der Waals surface area contributed by atoms with Crippen LogP contribution in [0.3, 0.4) is 0 Å². The number of amides is 1. The molecule has 8 heteroatoms. The molecule has 0 aliphatic carbocycles. The van der Waals surface area contributed by atoms with E-state index in [-0.39, 0.29) is 11.1 Å². The Bertz CT molecular complexity index is 1290. The molecule has 0 saturated carbocycles. The van der Waals surface area contributed by atoms with Crippen molar-refractivity contribution in [1.82, 2.24) is 0 Å². The highest BCUT2D eigenvalue weighted by Gasteiger charge is 2.23. The highest BCUT2D eigenvalue weighted by molar-refractivity contribution is 7.15. The second kappa shape index (κ2) is 11.9. The van der Waals surface area contributed by atoms with Crippen LogP contribution in [0.1, 0.15) is 35.3 Å². The Labute approximate surface area is 208 Å². The normalized spacial score (nSPS) is 10.9. The van der Waals surface area contributed by atoms with E-state index in [0.717, 1.165) is 12.0 Å². The molecule has 7 nitrogen and oxygen atoms in total. The minimum atomic E-state index is -0.639. The summed E-state index contributed by atoms with van der Waals surface area (Å²) in [7, 11) is 2.80. The molecule has 180 valence electrons. The number of carbonyl (C=O) groups excluding carboxylic acids is 2. The Morgan fingerprint density at radius 3 is 2.43 bits per heavy atom. The molecule has 0 unspecified atom stereocenters. The van der Waals surface area contributed by atoms with E-state index in [1.165, 1.54) is 37.2 Å². The number of hydrogen-bond acceptors (Lipinski definition) is 7. The molecule has 1 heterocycles. The second-order valence-electron chi connectivity index (χ2n) is 7.36. The van der Waals surface area contributed by atoms with Gasteiger partial charge >= 0.3 is 5.97 Å². The van der Waals surface area contributed by atoms with Crippen LogP contribution in [0.25, 0.3) is 17.2 Å². The lowest BCUT2D eigenvalue weighted by Crippen LogP contribution is -2.15. The summed E-state index contributed by atoms with van der Waals surface area (Å²) in [4.78, 5) is 25.6. The molecule has 35 heavy (non-hydrogen) atoms. The maximum Gasteiger partial charge on any atom is 0.341 e. The number of esters is 1. The first-order chi connectivity index (χ1) is 16.9. The van der Waals surface area contributed by atoms with E-state index in [9.17, 15) is 14.9 Å². The van der Waals surface area contributed by atoms with E-state index in [1.807, 2.05) is 37.3 Å². The molecule has 0 aliphatic rings. The molecule has 0 aliphatic heterocycles. The van der Waals surface area contributed by atoms with Crippen LogP contribution < -0.4 is 14.8 Å². The van der Waals surface area contributed by atoms with Gasteiger partial charge in [-0.1, -0.05) is 37.3 Å². The Kier molecular flexibility index (Phi) is 8.65. The second-order valence-corrected chi connectivity index (χ2v) is 8.24. The minimum absolute atomic E-state index is 0.130. The first-order valence-electron chi connectivity index (χ1n) is 11.0. The summed E-state index contributed by atoms with van der Waals surface area (Å²) in [5.41, 5.74) is 3.36. The van der Waals surface area contributed by atoms with Crippen molar-refractivity contribution in [1.29, 1.82) is 5.26 Å². The molecule has 0 radical (unpaired) electrons. The van der Waals surface area contributed by atoms with Gasteiger partial charge in [0.25, 0.3) is 5.91 Å². The lowest BCUT2D eigenvalue weighted by molar-refractivity contribution is -0.112. The van der Waals surface area contributed by atoms with Crippen molar-refractivity contribution in [3.63, 3.8) is 0 Å². The number of methoxy groups -OCH3 is 2. The van der Waals surface area contributed by atoms with Crippen LogP contribution in [0.4, 0.5) is 5.00 Å². The molecule has 3 rings (SSSR count). The fourth-order valence-corrected chi connectivity index (χ4v) is 4.37. The quantitative estimate of drug-likeness (QED) is 0.234. The highest BCUT2D eigenvalue weighted by atomic mass is 32.1. The molecule has 0 saturated heterocycles. The number of ether oxygens (including phenoxy) is 3. The first kappa shape index (κ1) is 25.5. The maximum atomic E-state index is 13.0. The summed E-state index contributed by atoms with van der Waals surface area (Å²) in [5, 5.41) is 14.4. The number of rotatable bonds is 9. The predicted molar refractivity (Wildman–Crippen MR) is 137 cm³/mol. The van der Waals surface area contributed by atoms with Gasteiger partial charge in [-0.05, 0) is 48.2 Å². The molecule has 0 spiro atoms. The van der Waals surface area contributed by atoms with Crippen LogP contribution in [0.2, 0.25) is 0 Å². The van der Waals surface area contributed by atoms with Crippen LogP contribution >= 0.6 is 11.3 Å². The Hall–Kier alpha value is -4.09. The fraction of sp³-hybridized carbons (Fsp3) is 0.222. The molecular weight excluding hydrogens is 464 g/mol. The summed E-state index contributed by atoms with van der Waals surface area (Å²) in [6.45, 7) is 4.41. The van der Waals surface area contributed by atoms with E-state index < -0.39 is 11.9 Å². The number of anilines is 1. The monoisotopic (exact) mass is 490 g/mol. The number of aryl methyl sites for hydroxylation is 1. The molecular formula is C27H26N2O5S. The van der Waals surface area contributed by atoms with Gasteiger partial charge in [0.05, 0.1) is 20.8 Å². The van der Waals surface area contributed by atoms with E-state index in [1.54, 1.807) is 23.6 Å². The van der Waals surface area contributed by atoms with Crippen molar-refractivity contribution in [3.05, 3.63) is 70.1 Å². The molecule has 0 fully saturated rings. The number of nitriles is 1. The standard InChI is InChI=1S/C27H26N2O5S/c1-5-17-7-10-19(11-8-17)21-16-35-26(24(21)27(31)33-4)29-25(30)20(15-28)13-18-9-12-22(34-6-2)23(14-18)32-3/h7-14,16H,5-6H2,1-4H3,(H,29,30)/b20-13+. The van der Waals surface area contributed by atoms with Crippen LogP contribution in [-0.4, -0.2) is 32.7 Å². The van der Waals surface area contributed by atoms with Gasteiger partial charge in [0, 0.05) is 10.9 Å². The molecule has 0 bridgehead atoms.